The molecule has 0 saturated carbocycles. The lowest BCUT2D eigenvalue weighted by molar-refractivity contribution is -0.115. The van der Waals surface area contributed by atoms with Crippen LogP contribution in [0.25, 0.3) is 0 Å². The summed E-state index contributed by atoms with van der Waals surface area (Å²) in [6, 6.07) is 7.45. The number of carbonyl (C=O) groups is 1. The highest BCUT2D eigenvalue weighted by Crippen LogP contribution is 2.17. The second-order valence-corrected chi connectivity index (χ2v) is 4.61. The van der Waals surface area contributed by atoms with Gasteiger partial charge in [0.2, 0.25) is 5.91 Å². The lowest BCUT2D eigenvalue weighted by Crippen LogP contribution is -2.25. The van der Waals surface area contributed by atoms with Crippen molar-refractivity contribution in [3.8, 4) is 5.75 Å². The van der Waals surface area contributed by atoms with E-state index in [4.69, 9.17) is 4.74 Å². The summed E-state index contributed by atoms with van der Waals surface area (Å²) >= 11 is 0. The van der Waals surface area contributed by atoms with Crippen molar-refractivity contribution >= 4 is 11.6 Å². The molecular formula is C14H23N3O2. The molecule has 0 aliphatic heterocycles. The molecule has 5 nitrogen and oxygen atoms in total. The van der Waals surface area contributed by atoms with E-state index in [1.165, 1.54) is 0 Å². The summed E-state index contributed by atoms with van der Waals surface area (Å²) in [5.41, 5.74) is 0.755. The van der Waals surface area contributed by atoms with E-state index >= 15 is 0 Å². The molecule has 0 saturated heterocycles. The molecule has 0 aromatic heterocycles. The lowest BCUT2D eigenvalue weighted by atomic mass is 10.3. The molecule has 1 aromatic carbocycles. The van der Waals surface area contributed by atoms with Gasteiger partial charge in [-0.3, -0.25) is 4.79 Å². The van der Waals surface area contributed by atoms with E-state index in [2.05, 4.69) is 15.5 Å². The predicted molar refractivity (Wildman–Crippen MR) is 77.7 cm³/mol. The number of amides is 1. The first-order valence-electron chi connectivity index (χ1n) is 6.44. The number of ether oxygens (including phenoxy) is 1. The van der Waals surface area contributed by atoms with Crippen LogP contribution in [0.4, 0.5) is 5.69 Å². The molecule has 0 spiro atoms. The number of anilines is 1. The molecule has 0 fully saturated rings. The predicted octanol–water partition coefficient (Wildman–Crippen LogP) is 1.17. The fourth-order valence-electron chi connectivity index (χ4n) is 1.60. The fraction of sp³-hybridized carbons (Fsp3) is 0.500. The minimum absolute atomic E-state index is 0.0627. The third-order valence-electron chi connectivity index (χ3n) is 2.47. The highest BCUT2D eigenvalue weighted by molar-refractivity contribution is 5.92. The second-order valence-electron chi connectivity index (χ2n) is 4.61. The average molecular weight is 265 g/mol. The van der Waals surface area contributed by atoms with Crippen molar-refractivity contribution < 1.29 is 9.53 Å². The fourth-order valence-corrected chi connectivity index (χ4v) is 1.60. The van der Waals surface area contributed by atoms with Crippen LogP contribution in [0.5, 0.6) is 5.75 Å². The monoisotopic (exact) mass is 265 g/mol. The molecule has 0 radical (unpaired) electrons. The van der Waals surface area contributed by atoms with Crippen molar-refractivity contribution in [1.82, 2.24) is 10.2 Å². The van der Waals surface area contributed by atoms with Gasteiger partial charge in [-0.25, -0.2) is 0 Å². The lowest BCUT2D eigenvalue weighted by Gasteiger charge is -2.11. The van der Waals surface area contributed by atoms with Gasteiger partial charge in [0.05, 0.1) is 13.2 Å². The molecule has 1 rings (SSSR count). The maximum Gasteiger partial charge on any atom is 0.238 e. The number of nitrogens with one attached hydrogen (secondary N) is 2. The number of carbonyl (C=O) groups excluding carboxylic acids is 1. The van der Waals surface area contributed by atoms with E-state index in [9.17, 15) is 4.79 Å². The molecule has 0 atom stereocenters. The van der Waals surface area contributed by atoms with Crippen LogP contribution < -0.4 is 15.4 Å². The van der Waals surface area contributed by atoms with Crippen molar-refractivity contribution in [1.29, 1.82) is 0 Å². The number of nitrogens with zero attached hydrogens (tertiary/aromatic N) is 1. The first kappa shape index (κ1) is 15.5. The van der Waals surface area contributed by atoms with Gasteiger partial charge in [-0.05, 0) is 39.7 Å². The van der Waals surface area contributed by atoms with Crippen LogP contribution in [0.2, 0.25) is 0 Å². The van der Waals surface area contributed by atoms with E-state index in [1.54, 1.807) is 7.05 Å². The summed E-state index contributed by atoms with van der Waals surface area (Å²) in [6.07, 6.45) is 0.976. The van der Waals surface area contributed by atoms with Gasteiger partial charge < -0.3 is 20.3 Å². The van der Waals surface area contributed by atoms with Crippen molar-refractivity contribution in [2.75, 3.05) is 46.2 Å². The van der Waals surface area contributed by atoms with Gasteiger partial charge in [0, 0.05) is 18.3 Å². The Balaban J connectivity index is 2.41. The molecule has 0 heterocycles. The van der Waals surface area contributed by atoms with Gasteiger partial charge in [0.1, 0.15) is 5.75 Å². The third-order valence-corrected chi connectivity index (χ3v) is 2.47. The summed E-state index contributed by atoms with van der Waals surface area (Å²) in [6.45, 7) is 1.97. The Kier molecular flexibility index (Phi) is 6.92. The van der Waals surface area contributed by atoms with Crippen molar-refractivity contribution in [3.63, 3.8) is 0 Å². The average Bonchev–Trinajstić information content (AvgIpc) is 2.35. The molecule has 1 amide bonds. The van der Waals surface area contributed by atoms with Crippen LogP contribution >= 0.6 is 0 Å². The smallest absolute Gasteiger partial charge is 0.238 e. The van der Waals surface area contributed by atoms with Crippen molar-refractivity contribution in [2.45, 2.75) is 6.42 Å². The van der Waals surface area contributed by atoms with Crippen LogP contribution in [0, 0.1) is 0 Å². The minimum atomic E-state index is -0.0627. The van der Waals surface area contributed by atoms with Gasteiger partial charge in [-0.1, -0.05) is 6.07 Å². The number of rotatable bonds is 8. The molecule has 5 heteroatoms. The molecule has 0 unspecified atom stereocenters. The summed E-state index contributed by atoms with van der Waals surface area (Å²) in [5, 5.41) is 5.61. The Morgan fingerprint density at radius 2 is 2.16 bits per heavy atom. The summed E-state index contributed by atoms with van der Waals surface area (Å²) in [7, 11) is 5.82. The Hall–Kier alpha value is -1.59. The molecule has 0 bridgehead atoms. The van der Waals surface area contributed by atoms with Crippen LogP contribution in [-0.2, 0) is 4.79 Å². The van der Waals surface area contributed by atoms with E-state index in [-0.39, 0.29) is 5.91 Å². The topological polar surface area (TPSA) is 53.6 Å². The van der Waals surface area contributed by atoms with E-state index in [0.717, 1.165) is 24.4 Å². The molecule has 1 aromatic rings. The number of likely N-dealkylation sites (N-methyl/N-ethyl adjacent to an activating group) is 1. The largest absolute Gasteiger partial charge is 0.493 e. The normalized spacial score (nSPS) is 10.5. The minimum Gasteiger partial charge on any atom is -0.493 e. The Labute approximate surface area is 114 Å². The van der Waals surface area contributed by atoms with Crippen molar-refractivity contribution in [3.05, 3.63) is 24.3 Å². The number of hydrogen-bond donors (Lipinski definition) is 2. The van der Waals surface area contributed by atoms with E-state index in [1.807, 2.05) is 38.4 Å². The van der Waals surface area contributed by atoms with Crippen molar-refractivity contribution in [2.24, 2.45) is 0 Å². The van der Waals surface area contributed by atoms with Crippen LogP contribution in [0.15, 0.2) is 24.3 Å². The van der Waals surface area contributed by atoms with E-state index in [0.29, 0.717) is 13.2 Å². The molecule has 19 heavy (non-hydrogen) atoms. The SMILES string of the molecule is CNCC(=O)Nc1cccc(OCCCN(C)C)c1. The second kappa shape index (κ2) is 8.50. The van der Waals surface area contributed by atoms with Gasteiger partial charge in [-0.15, -0.1) is 0 Å². The number of benzene rings is 1. The molecular weight excluding hydrogens is 242 g/mol. The summed E-state index contributed by atoms with van der Waals surface area (Å²) in [5.74, 6) is 0.716. The molecule has 0 aliphatic carbocycles. The zero-order chi connectivity index (χ0) is 14.1. The zero-order valence-corrected chi connectivity index (χ0v) is 11.9. The molecule has 0 aliphatic rings. The van der Waals surface area contributed by atoms with E-state index < -0.39 is 0 Å². The zero-order valence-electron chi connectivity index (χ0n) is 11.9. The maximum absolute atomic E-state index is 11.4. The maximum atomic E-state index is 11.4. The Morgan fingerprint density at radius 3 is 2.84 bits per heavy atom. The first-order valence-corrected chi connectivity index (χ1v) is 6.44. The van der Waals surface area contributed by atoms with Gasteiger partial charge >= 0.3 is 0 Å². The molecule has 106 valence electrons. The quantitative estimate of drug-likeness (QED) is 0.693. The standard InChI is InChI=1S/C14H23N3O2/c1-15-11-14(18)16-12-6-4-7-13(10-12)19-9-5-8-17(2)3/h4,6-7,10,15H,5,8-9,11H2,1-3H3,(H,16,18). The highest BCUT2D eigenvalue weighted by Gasteiger charge is 2.02. The highest BCUT2D eigenvalue weighted by atomic mass is 16.5. The first-order chi connectivity index (χ1) is 9.11. The Bertz CT molecular complexity index is 394. The van der Waals surface area contributed by atoms with Crippen LogP contribution in [-0.4, -0.2) is 51.6 Å². The van der Waals surface area contributed by atoms with Crippen LogP contribution in [0.1, 0.15) is 6.42 Å². The van der Waals surface area contributed by atoms with Gasteiger partial charge in [0.25, 0.3) is 0 Å². The number of hydrogen-bond acceptors (Lipinski definition) is 4. The summed E-state index contributed by atoms with van der Waals surface area (Å²) in [4.78, 5) is 13.6. The summed E-state index contributed by atoms with van der Waals surface area (Å²) < 4.78 is 5.65. The third kappa shape index (κ3) is 6.79. The van der Waals surface area contributed by atoms with Crippen LogP contribution in [0.3, 0.4) is 0 Å². The van der Waals surface area contributed by atoms with Gasteiger partial charge in [0.15, 0.2) is 0 Å². The Morgan fingerprint density at radius 1 is 1.37 bits per heavy atom. The molecule has 2 N–H and O–H groups in total. The van der Waals surface area contributed by atoms with Gasteiger partial charge in [-0.2, -0.15) is 0 Å².